The predicted octanol–water partition coefficient (Wildman–Crippen LogP) is 0.112. The maximum atomic E-state index is 11.9. The van der Waals surface area contributed by atoms with Gasteiger partial charge in [0.25, 0.3) is 10.0 Å². The Bertz CT molecular complexity index is 610. The Labute approximate surface area is 119 Å². The minimum absolute atomic E-state index is 0.165. The Kier molecular flexibility index (Phi) is 5.42. The van der Waals surface area contributed by atoms with Gasteiger partial charge in [-0.25, -0.2) is 13.1 Å². The summed E-state index contributed by atoms with van der Waals surface area (Å²) < 4.78 is 25.7. The summed E-state index contributed by atoms with van der Waals surface area (Å²) in [5.41, 5.74) is -0.308. The number of amides is 1. The van der Waals surface area contributed by atoms with Crippen molar-refractivity contribution in [1.82, 2.24) is 10.0 Å². The van der Waals surface area contributed by atoms with Crippen molar-refractivity contribution in [3.8, 4) is 0 Å². The molecule has 1 heterocycles. The maximum absolute atomic E-state index is 11.9. The molecule has 3 N–H and O–H groups in total. The Morgan fingerprint density at radius 3 is 2.65 bits per heavy atom. The Hall–Kier alpha value is -1.72. The summed E-state index contributed by atoms with van der Waals surface area (Å²) in [5, 5.41) is 16.0. The van der Waals surface area contributed by atoms with Gasteiger partial charge in [-0.1, -0.05) is 11.3 Å². The molecular weight excluding hydrogens is 308 g/mol. The number of nitrogens with one attached hydrogen (secondary N) is 3. The van der Waals surface area contributed by atoms with E-state index in [4.69, 9.17) is 0 Å². The van der Waals surface area contributed by atoms with E-state index in [2.05, 4.69) is 15.4 Å². The minimum Gasteiger partial charge on any atom is -0.372 e. The summed E-state index contributed by atoms with van der Waals surface area (Å²) in [6, 6.07) is 0.967. The van der Waals surface area contributed by atoms with Gasteiger partial charge in [-0.3, -0.25) is 14.9 Å². The molecule has 0 aliphatic heterocycles. The van der Waals surface area contributed by atoms with Crippen LogP contribution < -0.4 is 15.4 Å². The number of thiophene rings is 1. The molecule has 0 bridgehead atoms. The second-order valence-electron chi connectivity index (χ2n) is 3.56. The van der Waals surface area contributed by atoms with Gasteiger partial charge in [0.15, 0.2) is 5.00 Å². The van der Waals surface area contributed by atoms with Crippen LogP contribution in [0.1, 0.15) is 6.92 Å². The highest BCUT2D eigenvalue weighted by Crippen LogP contribution is 2.36. The summed E-state index contributed by atoms with van der Waals surface area (Å²) in [5.74, 6) is -0.508. The first kappa shape index (κ1) is 16.3. The number of hydrogen-bond donors (Lipinski definition) is 3. The lowest BCUT2D eigenvalue weighted by atomic mass is 10.5. The van der Waals surface area contributed by atoms with Crippen LogP contribution in [0.25, 0.3) is 0 Å². The Morgan fingerprint density at radius 2 is 2.15 bits per heavy atom. The molecule has 0 saturated carbocycles. The highest BCUT2D eigenvalue weighted by Gasteiger charge is 2.26. The molecule has 0 aliphatic carbocycles. The van der Waals surface area contributed by atoms with E-state index in [1.165, 1.54) is 7.05 Å². The number of rotatable bonds is 7. The van der Waals surface area contributed by atoms with Crippen molar-refractivity contribution in [1.29, 1.82) is 0 Å². The molecule has 0 spiro atoms. The lowest BCUT2D eigenvalue weighted by Crippen LogP contribution is -2.34. The van der Waals surface area contributed by atoms with Gasteiger partial charge in [0.05, 0.1) is 11.5 Å². The van der Waals surface area contributed by atoms with Crippen LogP contribution >= 0.6 is 11.3 Å². The van der Waals surface area contributed by atoms with Gasteiger partial charge in [0.1, 0.15) is 4.21 Å². The minimum atomic E-state index is -3.96. The zero-order valence-corrected chi connectivity index (χ0v) is 12.4. The second kappa shape index (κ2) is 6.63. The highest BCUT2D eigenvalue weighted by atomic mass is 32.2. The van der Waals surface area contributed by atoms with E-state index in [1.54, 1.807) is 6.92 Å². The van der Waals surface area contributed by atoms with E-state index in [-0.39, 0.29) is 14.9 Å². The zero-order valence-electron chi connectivity index (χ0n) is 10.8. The molecule has 1 rings (SSSR count). The zero-order chi connectivity index (χ0) is 15.3. The molecule has 0 radical (unpaired) electrons. The first-order chi connectivity index (χ1) is 9.31. The average Bonchev–Trinajstić information content (AvgIpc) is 2.81. The van der Waals surface area contributed by atoms with Gasteiger partial charge in [0, 0.05) is 19.7 Å². The van der Waals surface area contributed by atoms with E-state index in [0.29, 0.717) is 6.54 Å². The van der Waals surface area contributed by atoms with Crippen LogP contribution in [0, 0.1) is 10.1 Å². The first-order valence-corrected chi connectivity index (χ1v) is 7.84. The summed E-state index contributed by atoms with van der Waals surface area (Å²) in [6.07, 6.45) is 0. The molecule has 9 nitrogen and oxygen atoms in total. The standard InChI is InChI=1S/C9H14N4O5S2/c1-3-11-9-6(13(15)16)4-8(19-9)20(17,18)12-5-7(14)10-2/h4,11-12H,3,5H2,1-2H3,(H,10,14). The number of carbonyl (C=O) groups is 1. The fourth-order valence-electron chi connectivity index (χ4n) is 1.23. The van der Waals surface area contributed by atoms with E-state index in [0.717, 1.165) is 17.4 Å². The van der Waals surface area contributed by atoms with Crippen LogP contribution in [0.3, 0.4) is 0 Å². The topological polar surface area (TPSA) is 130 Å². The number of carbonyl (C=O) groups excluding carboxylic acids is 1. The molecule has 0 saturated heterocycles. The molecular formula is C9H14N4O5S2. The molecule has 0 aliphatic rings. The number of nitrogens with zero attached hydrogens (tertiary/aromatic N) is 1. The molecule has 20 heavy (non-hydrogen) atoms. The largest absolute Gasteiger partial charge is 0.372 e. The van der Waals surface area contributed by atoms with E-state index in [9.17, 15) is 23.3 Å². The molecule has 0 atom stereocenters. The lowest BCUT2D eigenvalue weighted by molar-refractivity contribution is -0.383. The summed E-state index contributed by atoms with van der Waals surface area (Å²) >= 11 is 0.744. The molecule has 1 aromatic rings. The first-order valence-electron chi connectivity index (χ1n) is 5.54. The predicted molar refractivity (Wildman–Crippen MR) is 74.4 cm³/mol. The van der Waals surface area contributed by atoms with Crippen LogP contribution in [0.15, 0.2) is 10.3 Å². The van der Waals surface area contributed by atoms with Crippen LogP contribution in [0.2, 0.25) is 0 Å². The normalized spacial score (nSPS) is 11.1. The van der Waals surface area contributed by atoms with Gasteiger partial charge < -0.3 is 10.6 Å². The van der Waals surface area contributed by atoms with Crippen molar-refractivity contribution in [3.63, 3.8) is 0 Å². The van der Waals surface area contributed by atoms with Crippen molar-refractivity contribution in [2.24, 2.45) is 0 Å². The molecule has 0 unspecified atom stereocenters. The molecule has 1 amide bonds. The quantitative estimate of drug-likeness (QED) is 0.482. The van der Waals surface area contributed by atoms with Gasteiger partial charge in [-0.15, -0.1) is 0 Å². The average molecular weight is 322 g/mol. The van der Waals surface area contributed by atoms with E-state index < -0.39 is 27.4 Å². The third kappa shape index (κ3) is 3.88. The van der Waals surface area contributed by atoms with Crippen molar-refractivity contribution >= 4 is 38.0 Å². The fraction of sp³-hybridized carbons (Fsp3) is 0.444. The smallest absolute Gasteiger partial charge is 0.304 e. The van der Waals surface area contributed by atoms with Crippen LogP contribution in [0.5, 0.6) is 0 Å². The SMILES string of the molecule is CCNc1sc(S(=O)(=O)NCC(=O)NC)cc1[N+](=O)[O-]. The third-order valence-electron chi connectivity index (χ3n) is 2.19. The summed E-state index contributed by atoms with van der Waals surface area (Å²) in [6.45, 7) is 1.73. The van der Waals surface area contributed by atoms with Crippen molar-refractivity contribution in [2.45, 2.75) is 11.1 Å². The molecule has 11 heteroatoms. The number of likely N-dealkylation sites (N-methyl/N-ethyl adjacent to an activating group) is 1. The molecule has 1 aromatic heterocycles. The van der Waals surface area contributed by atoms with Crippen LogP contribution in [0.4, 0.5) is 10.7 Å². The number of hydrogen-bond acceptors (Lipinski definition) is 7. The second-order valence-corrected chi connectivity index (χ2v) is 6.61. The van der Waals surface area contributed by atoms with Crippen LogP contribution in [-0.4, -0.2) is 39.4 Å². The van der Waals surface area contributed by atoms with Crippen molar-refractivity contribution < 1.29 is 18.1 Å². The van der Waals surface area contributed by atoms with Crippen molar-refractivity contribution in [3.05, 3.63) is 16.2 Å². The number of anilines is 1. The van der Waals surface area contributed by atoms with Gasteiger partial charge in [-0.2, -0.15) is 0 Å². The van der Waals surface area contributed by atoms with Gasteiger partial charge in [-0.05, 0) is 6.92 Å². The Balaban J connectivity index is 3.03. The monoisotopic (exact) mass is 322 g/mol. The van der Waals surface area contributed by atoms with Gasteiger partial charge in [0.2, 0.25) is 5.91 Å². The number of nitro groups is 1. The van der Waals surface area contributed by atoms with E-state index >= 15 is 0 Å². The van der Waals surface area contributed by atoms with Crippen molar-refractivity contribution in [2.75, 3.05) is 25.5 Å². The number of sulfonamides is 1. The third-order valence-corrected chi connectivity index (χ3v) is 5.15. The Morgan fingerprint density at radius 1 is 1.50 bits per heavy atom. The van der Waals surface area contributed by atoms with E-state index in [1.807, 2.05) is 0 Å². The fourth-order valence-corrected chi connectivity index (χ4v) is 3.66. The molecule has 112 valence electrons. The maximum Gasteiger partial charge on any atom is 0.304 e. The summed E-state index contributed by atoms with van der Waals surface area (Å²) in [4.78, 5) is 21.2. The molecule has 0 fully saturated rings. The summed E-state index contributed by atoms with van der Waals surface area (Å²) in [7, 11) is -2.58. The highest BCUT2D eigenvalue weighted by molar-refractivity contribution is 7.91. The molecule has 0 aromatic carbocycles. The van der Waals surface area contributed by atoms with Gasteiger partial charge >= 0.3 is 5.69 Å². The van der Waals surface area contributed by atoms with Crippen LogP contribution in [-0.2, 0) is 14.8 Å². The lowest BCUT2D eigenvalue weighted by Gasteiger charge is -2.02.